The summed E-state index contributed by atoms with van der Waals surface area (Å²) in [7, 11) is 1.64. The van der Waals surface area contributed by atoms with Crippen LogP contribution in [-0.2, 0) is 4.79 Å². The van der Waals surface area contributed by atoms with Crippen LogP contribution in [0.5, 0.6) is 11.5 Å². The monoisotopic (exact) mass is 400 g/mol. The van der Waals surface area contributed by atoms with Crippen LogP contribution in [0.15, 0.2) is 48.5 Å². The Kier molecular flexibility index (Phi) is 5.74. The van der Waals surface area contributed by atoms with E-state index in [9.17, 15) is 4.79 Å². The second-order valence-corrected chi connectivity index (χ2v) is 7.76. The number of nitrogens with zero attached hydrogens (tertiary/aromatic N) is 2. The summed E-state index contributed by atoms with van der Waals surface area (Å²) >= 11 is 5.96. The van der Waals surface area contributed by atoms with E-state index >= 15 is 0 Å². The van der Waals surface area contributed by atoms with Crippen LogP contribution in [-0.4, -0.2) is 49.7 Å². The molecule has 0 spiro atoms. The van der Waals surface area contributed by atoms with Crippen molar-refractivity contribution in [2.24, 2.45) is 0 Å². The van der Waals surface area contributed by atoms with Crippen LogP contribution in [0.4, 0.5) is 5.69 Å². The first kappa shape index (κ1) is 19.1. The molecule has 2 heterocycles. The zero-order chi connectivity index (χ0) is 19.5. The molecule has 1 amide bonds. The zero-order valence-corrected chi connectivity index (χ0v) is 16.8. The molecule has 0 unspecified atom stereocenters. The van der Waals surface area contributed by atoms with E-state index in [-0.39, 0.29) is 11.9 Å². The van der Waals surface area contributed by atoms with Gasteiger partial charge in [0.15, 0.2) is 6.10 Å². The molecule has 2 aromatic carbocycles. The highest BCUT2D eigenvalue weighted by atomic mass is 35.5. The number of piperidine rings is 1. The first-order valence-corrected chi connectivity index (χ1v) is 10.2. The number of rotatable bonds is 6. The summed E-state index contributed by atoms with van der Waals surface area (Å²) in [6.07, 6.45) is 3.23. The van der Waals surface area contributed by atoms with Gasteiger partial charge in [0.05, 0.1) is 13.2 Å². The third-order valence-electron chi connectivity index (χ3n) is 5.48. The molecule has 6 heteroatoms. The molecule has 2 atom stereocenters. The fourth-order valence-electron chi connectivity index (χ4n) is 3.95. The van der Waals surface area contributed by atoms with Crippen molar-refractivity contribution in [3.8, 4) is 11.5 Å². The number of carbonyl (C=O) groups is 1. The van der Waals surface area contributed by atoms with Gasteiger partial charge in [0.1, 0.15) is 11.5 Å². The minimum absolute atomic E-state index is 0.0119. The first-order valence-electron chi connectivity index (χ1n) is 9.77. The molecule has 148 valence electrons. The van der Waals surface area contributed by atoms with Crippen LogP contribution in [0.1, 0.15) is 19.3 Å². The molecule has 0 aliphatic carbocycles. The minimum atomic E-state index is -0.481. The van der Waals surface area contributed by atoms with Crippen LogP contribution < -0.4 is 14.4 Å². The third kappa shape index (κ3) is 3.96. The average Bonchev–Trinajstić information content (AvgIpc) is 2.74. The molecule has 2 aromatic rings. The molecule has 4 rings (SSSR count). The summed E-state index contributed by atoms with van der Waals surface area (Å²) in [5.74, 6) is 1.43. The van der Waals surface area contributed by atoms with Crippen molar-refractivity contribution in [1.29, 1.82) is 0 Å². The molecule has 0 saturated carbocycles. The lowest BCUT2D eigenvalue weighted by Crippen LogP contribution is -2.70. The Balaban J connectivity index is 1.54. The van der Waals surface area contributed by atoms with Crippen molar-refractivity contribution in [3.63, 3.8) is 0 Å². The fraction of sp³-hybridized carbons (Fsp3) is 0.409. The Bertz CT molecular complexity index is 804. The SMILES string of the molecule is COc1ccc(N2C(=O)[C@@H](Oc3ccc(Cl)cc3)[C@H]2CN2CCCCC2)cc1. The number of anilines is 1. The summed E-state index contributed by atoms with van der Waals surface area (Å²) in [6.45, 7) is 2.97. The van der Waals surface area contributed by atoms with E-state index in [0.29, 0.717) is 10.8 Å². The number of hydrogen-bond donors (Lipinski definition) is 0. The highest BCUT2D eigenvalue weighted by molar-refractivity contribution is 6.30. The first-order chi connectivity index (χ1) is 13.7. The van der Waals surface area contributed by atoms with Crippen molar-refractivity contribution in [3.05, 3.63) is 53.6 Å². The van der Waals surface area contributed by atoms with Gasteiger partial charge in [-0.15, -0.1) is 0 Å². The van der Waals surface area contributed by atoms with E-state index in [1.165, 1.54) is 19.3 Å². The molecule has 0 bridgehead atoms. The summed E-state index contributed by atoms with van der Waals surface area (Å²) in [4.78, 5) is 17.3. The van der Waals surface area contributed by atoms with Crippen LogP contribution >= 0.6 is 11.6 Å². The Labute approximate surface area is 170 Å². The predicted molar refractivity (Wildman–Crippen MR) is 110 cm³/mol. The molecule has 2 fully saturated rings. The normalized spacial score (nSPS) is 22.6. The quantitative estimate of drug-likeness (QED) is 0.687. The fourth-order valence-corrected chi connectivity index (χ4v) is 4.08. The van der Waals surface area contributed by atoms with Crippen LogP contribution in [0.25, 0.3) is 0 Å². The number of ether oxygens (including phenoxy) is 2. The second kappa shape index (κ2) is 8.41. The Hall–Kier alpha value is -2.24. The Morgan fingerprint density at radius 3 is 2.25 bits per heavy atom. The van der Waals surface area contributed by atoms with Gasteiger partial charge in [-0.05, 0) is 74.5 Å². The van der Waals surface area contributed by atoms with Gasteiger partial charge in [-0.25, -0.2) is 0 Å². The largest absolute Gasteiger partial charge is 0.497 e. The molecule has 0 N–H and O–H groups in total. The molecule has 5 nitrogen and oxygen atoms in total. The number of halogens is 1. The lowest BCUT2D eigenvalue weighted by atomic mass is 9.94. The Morgan fingerprint density at radius 1 is 0.964 bits per heavy atom. The molecule has 28 heavy (non-hydrogen) atoms. The van der Waals surface area contributed by atoms with E-state index < -0.39 is 6.10 Å². The van der Waals surface area contributed by atoms with Crippen LogP contribution in [0.3, 0.4) is 0 Å². The van der Waals surface area contributed by atoms with Gasteiger partial charge >= 0.3 is 0 Å². The van der Waals surface area contributed by atoms with Gasteiger partial charge in [0, 0.05) is 17.3 Å². The molecule has 0 radical (unpaired) electrons. The summed E-state index contributed by atoms with van der Waals surface area (Å²) in [5, 5.41) is 0.650. The minimum Gasteiger partial charge on any atom is -0.497 e. The maximum Gasteiger partial charge on any atom is 0.270 e. The number of hydrogen-bond acceptors (Lipinski definition) is 4. The molecular weight excluding hydrogens is 376 g/mol. The lowest BCUT2D eigenvalue weighted by Gasteiger charge is -2.48. The van der Waals surface area contributed by atoms with E-state index in [0.717, 1.165) is 31.1 Å². The summed E-state index contributed by atoms with van der Waals surface area (Å²) in [5.41, 5.74) is 0.878. The van der Waals surface area contributed by atoms with E-state index in [1.54, 1.807) is 19.2 Å². The number of amides is 1. The standard InChI is InChI=1S/C22H25ClN2O3/c1-27-18-11-7-17(8-12-18)25-20(15-24-13-3-2-4-14-24)21(22(25)26)28-19-9-5-16(23)6-10-19/h5-12,20-21H,2-4,13-15H2,1H3/t20-,21+/m1/s1. The Morgan fingerprint density at radius 2 is 1.61 bits per heavy atom. The van der Waals surface area contributed by atoms with Crippen molar-refractivity contribution in [2.75, 3.05) is 31.6 Å². The van der Waals surface area contributed by atoms with Gasteiger partial charge in [0.2, 0.25) is 0 Å². The van der Waals surface area contributed by atoms with Gasteiger partial charge in [-0.1, -0.05) is 18.0 Å². The number of benzene rings is 2. The highest BCUT2D eigenvalue weighted by Gasteiger charge is 2.50. The maximum absolute atomic E-state index is 13.0. The highest BCUT2D eigenvalue weighted by Crippen LogP contribution is 2.33. The van der Waals surface area contributed by atoms with Crippen molar-refractivity contribution in [1.82, 2.24) is 4.90 Å². The summed E-state index contributed by atoms with van der Waals surface area (Å²) < 4.78 is 11.3. The molecule has 2 saturated heterocycles. The van der Waals surface area contributed by atoms with Gasteiger partial charge in [0.25, 0.3) is 5.91 Å². The van der Waals surface area contributed by atoms with E-state index in [4.69, 9.17) is 21.1 Å². The number of methoxy groups -OCH3 is 1. The molecule has 0 aromatic heterocycles. The second-order valence-electron chi connectivity index (χ2n) is 7.33. The maximum atomic E-state index is 13.0. The van der Waals surface area contributed by atoms with Gasteiger partial charge in [-0.2, -0.15) is 0 Å². The number of likely N-dealkylation sites (tertiary alicyclic amines) is 1. The van der Waals surface area contributed by atoms with Gasteiger partial charge in [-0.3, -0.25) is 4.79 Å². The third-order valence-corrected chi connectivity index (χ3v) is 5.74. The van der Waals surface area contributed by atoms with Crippen molar-refractivity contribution in [2.45, 2.75) is 31.4 Å². The zero-order valence-electron chi connectivity index (χ0n) is 16.0. The predicted octanol–water partition coefficient (Wildman–Crippen LogP) is 4.00. The number of β-lactam (4-membered cyclic amide) rings is 1. The van der Waals surface area contributed by atoms with E-state index in [2.05, 4.69) is 4.90 Å². The lowest BCUT2D eigenvalue weighted by molar-refractivity contribution is -0.135. The van der Waals surface area contributed by atoms with Gasteiger partial charge < -0.3 is 19.3 Å². The smallest absolute Gasteiger partial charge is 0.270 e. The van der Waals surface area contributed by atoms with Crippen molar-refractivity contribution >= 4 is 23.2 Å². The van der Waals surface area contributed by atoms with Crippen molar-refractivity contribution < 1.29 is 14.3 Å². The van der Waals surface area contributed by atoms with Crippen LogP contribution in [0, 0.1) is 0 Å². The molecule has 2 aliphatic rings. The number of carbonyl (C=O) groups excluding carboxylic acids is 1. The summed E-state index contributed by atoms with van der Waals surface area (Å²) in [6, 6.07) is 14.8. The molecular formula is C22H25ClN2O3. The molecule has 2 aliphatic heterocycles. The van der Waals surface area contributed by atoms with E-state index in [1.807, 2.05) is 41.3 Å². The topological polar surface area (TPSA) is 42.0 Å². The van der Waals surface area contributed by atoms with Crippen LogP contribution in [0.2, 0.25) is 5.02 Å². The average molecular weight is 401 g/mol.